The summed E-state index contributed by atoms with van der Waals surface area (Å²) in [4.78, 5) is 35.6. The second kappa shape index (κ2) is 7.76. The number of primary amides is 2. The van der Waals surface area contributed by atoms with E-state index in [1.165, 1.54) is 17.4 Å². The molecule has 1 aromatic carbocycles. The van der Waals surface area contributed by atoms with E-state index in [1.807, 2.05) is 30.3 Å². The minimum atomic E-state index is -1.53. The molecule has 0 atom stereocenters. The van der Waals surface area contributed by atoms with Crippen molar-refractivity contribution in [2.75, 3.05) is 0 Å². The van der Waals surface area contributed by atoms with Gasteiger partial charge in [-0.3, -0.25) is 14.4 Å². The quantitative estimate of drug-likeness (QED) is 0.534. The van der Waals surface area contributed by atoms with E-state index >= 15 is 0 Å². The van der Waals surface area contributed by atoms with Gasteiger partial charge in [0.1, 0.15) is 0 Å². The van der Waals surface area contributed by atoms with Gasteiger partial charge in [0.2, 0.25) is 17.7 Å². The third kappa shape index (κ3) is 4.68. The van der Waals surface area contributed by atoms with Crippen LogP contribution in [0.2, 0.25) is 5.02 Å². The molecule has 1 heterocycles. The summed E-state index contributed by atoms with van der Waals surface area (Å²) in [7, 11) is 0. The van der Waals surface area contributed by atoms with Crippen LogP contribution in [0.25, 0.3) is 16.5 Å². The number of carbonyl (C=O) groups is 3. The molecule has 0 aliphatic carbocycles. The minimum absolute atomic E-state index is 0.640. The number of benzene rings is 1. The maximum absolute atomic E-state index is 11.7. The van der Waals surface area contributed by atoms with Crippen LogP contribution < -0.4 is 16.8 Å². The van der Waals surface area contributed by atoms with Crippen LogP contribution in [0.4, 0.5) is 0 Å². The van der Waals surface area contributed by atoms with Gasteiger partial charge in [0.15, 0.2) is 6.04 Å². The van der Waals surface area contributed by atoms with Crippen molar-refractivity contribution in [3.05, 3.63) is 52.4 Å². The monoisotopic (exact) mass is 363 g/mol. The van der Waals surface area contributed by atoms with E-state index in [9.17, 15) is 14.4 Å². The number of carbonyl (C=O) groups excluding carboxylic acids is 3. The van der Waals surface area contributed by atoms with Gasteiger partial charge >= 0.3 is 0 Å². The van der Waals surface area contributed by atoms with Gasteiger partial charge in [-0.1, -0.05) is 23.7 Å². The van der Waals surface area contributed by atoms with Crippen molar-refractivity contribution in [3.8, 4) is 10.4 Å². The van der Waals surface area contributed by atoms with Crippen molar-refractivity contribution < 1.29 is 14.4 Å². The van der Waals surface area contributed by atoms with E-state index in [1.54, 1.807) is 12.1 Å². The summed E-state index contributed by atoms with van der Waals surface area (Å²) in [6.45, 7) is 0. The van der Waals surface area contributed by atoms with Gasteiger partial charge in [-0.25, -0.2) is 0 Å². The highest BCUT2D eigenvalue weighted by Crippen LogP contribution is 2.30. The van der Waals surface area contributed by atoms with E-state index < -0.39 is 23.8 Å². The van der Waals surface area contributed by atoms with Crippen LogP contribution in [0.3, 0.4) is 0 Å². The molecule has 6 nitrogen and oxygen atoms in total. The van der Waals surface area contributed by atoms with Crippen molar-refractivity contribution >= 4 is 46.7 Å². The lowest BCUT2D eigenvalue weighted by atomic mass is 10.2. The number of nitrogens with one attached hydrogen (secondary N) is 1. The summed E-state index contributed by atoms with van der Waals surface area (Å²) >= 11 is 7.43. The molecule has 0 unspecified atom stereocenters. The summed E-state index contributed by atoms with van der Waals surface area (Å²) < 4.78 is 0. The standard InChI is InChI=1S/C16H14ClN3O3S/c17-10-3-1-2-9(8-10)12-6-4-11(24-12)5-7-13(21)20-14(15(18)22)16(19)23/h1-8,14H,(H2,18,22)(H2,19,23)(H,20,21)/b7-5+. The molecule has 0 aliphatic heterocycles. The average molecular weight is 364 g/mol. The van der Waals surface area contributed by atoms with Crippen LogP contribution in [0.1, 0.15) is 4.88 Å². The van der Waals surface area contributed by atoms with Gasteiger partial charge in [-0.2, -0.15) is 0 Å². The van der Waals surface area contributed by atoms with Gasteiger partial charge in [-0.05, 0) is 35.9 Å². The van der Waals surface area contributed by atoms with Gasteiger partial charge in [0.25, 0.3) is 0 Å². The summed E-state index contributed by atoms with van der Waals surface area (Å²) in [5.41, 5.74) is 10.9. The molecule has 0 saturated carbocycles. The SMILES string of the molecule is NC(=O)C(NC(=O)/C=C/c1ccc(-c2cccc(Cl)c2)s1)C(N)=O. The molecule has 0 bridgehead atoms. The third-order valence-electron chi connectivity index (χ3n) is 2.99. The Bertz CT molecular complexity index is 802. The molecule has 8 heteroatoms. The fraction of sp³-hybridized carbons (Fsp3) is 0.0625. The van der Waals surface area contributed by atoms with Gasteiger partial charge in [-0.15, -0.1) is 11.3 Å². The molecule has 0 radical (unpaired) electrons. The van der Waals surface area contributed by atoms with E-state index in [4.69, 9.17) is 23.1 Å². The molecule has 3 amide bonds. The molecule has 24 heavy (non-hydrogen) atoms. The van der Waals surface area contributed by atoms with Crippen molar-refractivity contribution in [1.29, 1.82) is 0 Å². The topological polar surface area (TPSA) is 115 Å². The normalized spacial score (nSPS) is 10.9. The number of hydrogen-bond donors (Lipinski definition) is 3. The summed E-state index contributed by atoms with van der Waals surface area (Å²) in [6, 6.07) is 9.63. The Morgan fingerprint density at radius 1 is 1.12 bits per heavy atom. The summed E-state index contributed by atoms with van der Waals surface area (Å²) in [5.74, 6) is -2.66. The molecule has 5 N–H and O–H groups in total. The highest BCUT2D eigenvalue weighted by molar-refractivity contribution is 7.16. The zero-order valence-electron chi connectivity index (χ0n) is 12.4. The molecule has 2 aromatic rings. The third-order valence-corrected chi connectivity index (χ3v) is 4.33. The van der Waals surface area contributed by atoms with E-state index in [0.717, 1.165) is 15.3 Å². The Morgan fingerprint density at radius 2 is 1.83 bits per heavy atom. The fourth-order valence-corrected chi connectivity index (χ4v) is 2.97. The smallest absolute Gasteiger partial charge is 0.249 e. The van der Waals surface area contributed by atoms with Crippen molar-refractivity contribution in [1.82, 2.24) is 5.32 Å². The van der Waals surface area contributed by atoms with Gasteiger partial charge in [0.05, 0.1) is 0 Å². The predicted molar refractivity (Wildman–Crippen MR) is 94.1 cm³/mol. The number of rotatable bonds is 6. The molecule has 124 valence electrons. The minimum Gasteiger partial charge on any atom is -0.367 e. The summed E-state index contributed by atoms with van der Waals surface area (Å²) in [6.07, 6.45) is 2.76. The highest BCUT2D eigenvalue weighted by atomic mass is 35.5. The number of halogens is 1. The second-order valence-corrected chi connectivity index (χ2v) is 6.34. The Labute approximate surface area is 147 Å². The zero-order valence-corrected chi connectivity index (χ0v) is 13.9. The van der Waals surface area contributed by atoms with Crippen LogP contribution >= 0.6 is 22.9 Å². The average Bonchev–Trinajstić information content (AvgIpc) is 2.99. The molecule has 0 saturated heterocycles. The van der Waals surface area contributed by atoms with Crippen molar-refractivity contribution in [3.63, 3.8) is 0 Å². The first-order valence-corrected chi connectivity index (χ1v) is 7.99. The van der Waals surface area contributed by atoms with Gasteiger partial charge < -0.3 is 16.8 Å². The molecule has 2 rings (SSSR count). The molecule has 0 aliphatic rings. The lowest BCUT2D eigenvalue weighted by Crippen LogP contribution is -2.52. The van der Waals surface area contributed by atoms with E-state index in [-0.39, 0.29) is 0 Å². The molecular weight excluding hydrogens is 350 g/mol. The Kier molecular flexibility index (Phi) is 5.73. The first-order valence-electron chi connectivity index (χ1n) is 6.80. The summed E-state index contributed by atoms with van der Waals surface area (Å²) in [5, 5.41) is 2.78. The molecule has 0 fully saturated rings. The van der Waals surface area contributed by atoms with Crippen LogP contribution in [-0.2, 0) is 14.4 Å². The molecule has 0 spiro atoms. The first-order chi connectivity index (χ1) is 11.4. The number of amides is 3. The Hall–Kier alpha value is -2.64. The van der Waals surface area contributed by atoms with Crippen LogP contribution in [0.5, 0.6) is 0 Å². The Morgan fingerprint density at radius 3 is 2.46 bits per heavy atom. The number of hydrogen-bond acceptors (Lipinski definition) is 4. The highest BCUT2D eigenvalue weighted by Gasteiger charge is 2.22. The van der Waals surface area contributed by atoms with Gasteiger partial charge in [0, 0.05) is 20.9 Å². The second-order valence-electron chi connectivity index (χ2n) is 4.79. The van der Waals surface area contributed by atoms with E-state index in [0.29, 0.717) is 5.02 Å². The maximum Gasteiger partial charge on any atom is 0.249 e. The number of thiophene rings is 1. The lowest BCUT2D eigenvalue weighted by molar-refractivity contribution is -0.132. The van der Waals surface area contributed by atoms with E-state index in [2.05, 4.69) is 5.32 Å². The Balaban J connectivity index is 2.06. The zero-order chi connectivity index (χ0) is 17.7. The van der Waals surface area contributed by atoms with Crippen LogP contribution in [-0.4, -0.2) is 23.8 Å². The maximum atomic E-state index is 11.7. The largest absolute Gasteiger partial charge is 0.367 e. The molecule has 1 aromatic heterocycles. The lowest BCUT2D eigenvalue weighted by Gasteiger charge is -2.09. The number of nitrogens with two attached hydrogens (primary N) is 2. The first kappa shape index (κ1) is 17.7. The molecular formula is C16H14ClN3O3S. The predicted octanol–water partition coefficient (Wildman–Crippen LogP) is 1.54. The van der Waals surface area contributed by atoms with Crippen molar-refractivity contribution in [2.45, 2.75) is 6.04 Å². The van der Waals surface area contributed by atoms with Crippen LogP contribution in [0.15, 0.2) is 42.5 Å². The van der Waals surface area contributed by atoms with Crippen LogP contribution in [0, 0.1) is 0 Å². The fourth-order valence-electron chi connectivity index (χ4n) is 1.87. The van der Waals surface area contributed by atoms with Crippen molar-refractivity contribution in [2.24, 2.45) is 11.5 Å².